The summed E-state index contributed by atoms with van der Waals surface area (Å²) in [6.45, 7) is 0. The molecular weight excluding hydrogens is 308 g/mol. The van der Waals surface area contributed by atoms with Crippen molar-refractivity contribution in [3.63, 3.8) is 0 Å². The van der Waals surface area contributed by atoms with Crippen LogP contribution in [0.4, 0.5) is 16.3 Å². The minimum atomic E-state index is -0.297. The van der Waals surface area contributed by atoms with Gasteiger partial charge in [-0.1, -0.05) is 42.1 Å². The Morgan fingerprint density at radius 1 is 1.00 bits per heavy atom. The summed E-state index contributed by atoms with van der Waals surface area (Å²) >= 11 is 1.61. The molecule has 2 amide bonds. The normalized spacial score (nSPS) is 10.3. The minimum Gasteiger partial charge on any atom is -0.307 e. The van der Waals surface area contributed by atoms with E-state index in [-0.39, 0.29) is 6.03 Å². The molecule has 5 nitrogen and oxygen atoms in total. The van der Waals surface area contributed by atoms with Gasteiger partial charge < -0.3 is 5.32 Å². The van der Waals surface area contributed by atoms with Gasteiger partial charge in [0.1, 0.15) is 5.82 Å². The van der Waals surface area contributed by atoms with Crippen LogP contribution in [0.5, 0.6) is 0 Å². The van der Waals surface area contributed by atoms with Crippen molar-refractivity contribution in [2.24, 2.45) is 7.05 Å². The van der Waals surface area contributed by atoms with E-state index >= 15 is 0 Å². The Balaban J connectivity index is 1.73. The third-order valence-electron chi connectivity index (χ3n) is 3.17. The molecule has 0 spiro atoms. The van der Waals surface area contributed by atoms with Gasteiger partial charge in [0, 0.05) is 22.9 Å². The fourth-order valence-corrected chi connectivity index (χ4v) is 2.96. The number of nitrogens with zero attached hydrogens (tertiary/aromatic N) is 2. The lowest BCUT2D eigenvalue weighted by molar-refractivity contribution is 0.262. The number of benzene rings is 2. The van der Waals surface area contributed by atoms with Gasteiger partial charge in [0.2, 0.25) is 0 Å². The number of carbonyl (C=O) groups is 1. The molecule has 1 heterocycles. The Kier molecular flexibility index (Phi) is 4.63. The molecule has 6 heteroatoms. The quantitative estimate of drug-likeness (QED) is 0.755. The number of hydrogen-bond acceptors (Lipinski definition) is 3. The first-order chi connectivity index (χ1) is 11.2. The van der Waals surface area contributed by atoms with Crippen molar-refractivity contribution in [3.8, 4) is 0 Å². The largest absolute Gasteiger partial charge is 0.324 e. The van der Waals surface area contributed by atoms with E-state index in [4.69, 9.17) is 0 Å². The Morgan fingerprint density at radius 2 is 1.74 bits per heavy atom. The standard InChI is InChI=1S/C17H16N4OS/c1-21-16(11-12-18-21)20-17(22)19-14-9-5-6-10-15(14)23-13-7-3-2-4-8-13/h2-12H,1H3,(H2,19,20,22). The number of hydrogen-bond donors (Lipinski definition) is 2. The molecule has 2 aromatic carbocycles. The second-order valence-corrected chi connectivity index (χ2v) is 5.95. The van der Waals surface area contributed by atoms with Crippen molar-refractivity contribution in [1.29, 1.82) is 0 Å². The molecule has 0 fully saturated rings. The molecule has 1 aromatic heterocycles. The van der Waals surface area contributed by atoms with E-state index in [1.165, 1.54) is 0 Å². The summed E-state index contributed by atoms with van der Waals surface area (Å²) in [4.78, 5) is 14.3. The maximum absolute atomic E-state index is 12.2. The van der Waals surface area contributed by atoms with E-state index in [1.54, 1.807) is 35.8 Å². The number of carbonyl (C=O) groups excluding carboxylic acids is 1. The highest BCUT2D eigenvalue weighted by Gasteiger charge is 2.09. The van der Waals surface area contributed by atoms with Gasteiger partial charge in [-0.15, -0.1) is 0 Å². The molecule has 0 unspecified atom stereocenters. The van der Waals surface area contributed by atoms with Crippen molar-refractivity contribution in [2.75, 3.05) is 10.6 Å². The lowest BCUT2D eigenvalue weighted by Crippen LogP contribution is -2.21. The lowest BCUT2D eigenvalue weighted by Gasteiger charge is -2.11. The van der Waals surface area contributed by atoms with E-state index in [9.17, 15) is 4.79 Å². The average molecular weight is 324 g/mol. The number of amides is 2. The van der Waals surface area contributed by atoms with Gasteiger partial charge in [0.15, 0.2) is 0 Å². The van der Waals surface area contributed by atoms with E-state index in [2.05, 4.69) is 15.7 Å². The van der Waals surface area contributed by atoms with Crippen LogP contribution in [0.1, 0.15) is 0 Å². The van der Waals surface area contributed by atoms with Crippen molar-refractivity contribution in [2.45, 2.75) is 9.79 Å². The molecule has 0 saturated heterocycles. The van der Waals surface area contributed by atoms with Crippen molar-refractivity contribution >= 4 is 29.3 Å². The monoisotopic (exact) mass is 324 g/mol. The first kappa shape index (κ1) is 15.2. The van der Waals surface area contributed by atoms with Gasteiger partial charge in [-0.3, -0.25) is 10.00 Å². The van der Waals surface area contributed by atoms with Crippen LogP contribution >= 0.6 is 11.8 Å². The molecule has 2 N–H and O–H groups in total. The molecule has 3 aromatic rings. The van der Waals surface area contributed by atoms with Crippen molar-refractivity contribution < 1.29 is 4.79 Å². The van der Waals surface area contributed by atoms with Crippen molar-refractivity contribution in [1.82, 2.24) is 9.78 Å². The number of aromatic nitrogens is 2. The summed E-state index contributed by atoms with van der Waals surface area (Å²) < 4.78 is 1.60. The number of para-hydroxylation sites is 1. The Hall–Kier alpha value is -2.73. The highest BCUT2D eigenvalue weighted by molar-refractivity contribution is 7.99. The summed E-state index contributed by atoms with van der Waals surface area (Å²) in [5.74, 6) is 0.635. The van der Waals surface area contributed by atoms with Crippen LogP contribution in [0.25, 0.3) is 0 Å². The fraction of sp³-hybridized carbons (Fsp3) is 0.0588. The second-order valence-electron chi connectivity index (χ2n) is 4.83. The zero-order valence-electron chi connectivity index (χ0n) is 12.6. The van der Waals surface area contributed by atoms with Crippen LogP contribution in [0.2, 0.25) is 0 Å². The molecular formula is C17H16N4OS. The van der Waals surface area contributed by atoms with Crippen LogP contribution < -0.4 is 10.6 Å². The highest BCUT2D eigenvalue weighted by atomic mass is 32.2. The van der Waals surface area contributed by atoms with Crippen LogP contribution in [0, 0.1) is 0 Å². The Labute approximate surface area is 138 Å². The maximum Gasteiger partial charge on any atom is 0.324 e. The lowest BCUT2D eigenvalue weighted by atomic mass is 10.3. The summed E-state index contributed by atoms with van der Waals surface area (Å²) in [6.07, 6.45) is 1.63. The summed E-state index contributed by atoms with van der Waals surface area (Å²) in [7, 11) is 1.77. The zero-order chi connectivity index (χ0) is 16.1. The first-order valence-corrected chi connectivity index (χ1v) is 7.92. The number of rotatable bonds is 4. The summed E-state index contributed by atoms with van der Waals surface area (Å²) in [6, 6.07) is 19.2. The van der Waals surface area contributed by atoms with Gasteiger partial charge in [0.05, 0.1) is 11.9 Å². The molecule has 0 aliphatic carbocycles. The molecule has 23 heavy (non-hydrogen) atoms. The van der Waals surface area contributed by atoms with Gasteiger partial charge in [-0.25, -0.2) is 4.79 Å². The zero-order valence-corrected chi connectivity index (χ0v) is 13.4. The van der Waals surface area contributed by atoms with E-state index < -0.39 is 0 Å². The number of anilines is 2. The van der Waals surface area contributed by atoms with Crippen LogP contribution in [0.3, 0.4) is 0 Å². The van der Waals surface area contributed by atoms with Crippen molar-refractivity contribution in [3.05, 3.63) is 66.9 Å². The van der Waals surface area contributed by atoms with E-state index in [0.717, 1.165) is 15.5 Å². The van der Waals surface area contributed by atoms with E-state index in [1.807, 2.05) is 54.6 Å². The van der Waals surface area contributed by atoms with E-state index in [0.29, 0.717) is 5.82 Å². The van der Waals surface area contributed by atoms with Crippen LogP contribution in [0.15, 0.2) is 76.7 Å². The minimum absolute atomic E-state index is 0.297. The van der Waals surface area contributed by atoms with Gasteiger partial charge in [0.25, 0.3) is 0 Å². The third-order valence-corrected chi connectivity index (χ3v) is 4.25. The highest BCUT2D eigenvalue weighted by Crippen LogP contribution is 2.33. The number of urea groups is 1. The first-order valence-electron chi connectivity index (χ1n) is 7.10. The van der Waals surface area contributed by atoms with Gasteiger partial charge in [-0.2, -0.15) is 5.10 Å². The molecule has 0 bridgehead atoms. The maximum atomic E-state index is 12.2. The van der Waals surface area contributed by atoms with Crippen LogP contribution in [-0.4, -0.2) is 15.8 Å². The molecule has 0 saturated carbocycles. The molecule has 0 radical (unpaired) electrons. The molecule has 3 rings (SSSR count). The summed E-state index contributed by atoms with van der Waals surface area (Å²) in [5.41, 5.74) is 0.765. The number of aryl methyl sites for hydroxylation is 1. The number of nitrogens with one attached hydrogen (secondary N) is 2. The predicted octanol–water partition coefficient (Wildman–Crippen LogP) is 4.22. The topological polar surface area (TPSA) is 59.0 Å². The smallest absolute Gasteiger partial charge is 0.307 e. The van der Waals surface area contributed by atoms with Gasteiger partial charge >= 0.3 is 6.03 Å². The van der Waals surface area contributed by atoms with Gasteiger partial charge in [-0.05, 0) is 24.3 Å². The molecule has 0 atom stereocenters. The Morgan fingerprint density at radius 3 is 2.48 bits per heavy atom. The SMILES string of the molecule is Cn1nccc1NC(=O)Nc1ccccc1Sc1ccccc1. The predicted molar refractivity (Wildman–Crippen MR) is 92.9 cm³/mol. The third kappa shape index (κ3) is 3.92. The fourth-order valence-electron chi connectivity index (χ4n) is 2.04. The summed E-state index contributed by atoms with van der Waals surface area (Å²) in [5, 5.41) is 9.68. The van der Waals surface area contributed by atoms with Crippen LogP contribution in [-0.2, 0) is 7.05 Å². The second kappa shape index (κ2) is 7.02. The average Bonchev–Trinajstić information content (AvgIpc) is 2.95. The molecule has 0 aliphatic heterocycles. The molecule has 0 aliphatic rings. The Bertz CT molecular complexity index is 801. The molecule has 116 valence electrons.